The Morgan fingerprint density at radius 3 is 2.28 bits per heavy atom. The van der Waals surface area contributed by atoms with Gasteiger partial charge in [-0.1, -0.05) is 47.6 Å². The van der Waals surface area contributed by atoms with Gasteiger partial charge in [-0.3, -0.25) is 9.59 Å². The Hall–Kier alpha value is -3.02. The minimum Gasteiger partial charge on any atom is -0.350 e. The largest absolute Gasteiger partial charge is 0.350 e. The van der Waals surface area contributed by atoms with Crippen LogP contribution in [0, 0.1) is 27.7 Å². The van der Waals surface area contributed by atoms with Crippen LogP contribution >= 0.6 is 23.4 Å². The lowest BCUT2D eigenvalue weighted by Crippen LogP contribution is -2.33. The van der Waals surface area contributed by atoms with Crippen LogP contribution in [0.15, 0.2) is 76.2 Å². The molecule has 0 aromatic heterocycles. The maximum atomic E-state index is 13.6. The van der Waals surface area contributed by atoms with Crippen molar-refractivity contribution in [3.05, 3.63) is 98.5 Å². The van der Waals surface area contributed by atoms with Crippen LogP contribution in [0.3, 0.4) is 0 Å². The fourth-order valence-corrected chi connectivity index (χ4v) is 4.59. The number of carbonyl (C=O) groups excluding carboxylic acids is 2. The van der Waals surface area contributed by atoms with Crippen molar-refractivity contribution in [2.75, 3.05) is 10.2 Å². The van der Waals surface area contributed by atoms with E-state index in [1.807, 2.05) is 76.2 Å². The fourth-order valence-electron chi connectivity index (χ4n) is 3.54. The maximum Gasteiger partial charge on any atom is 0.283 e. The smallest absolute Gasteiger partial charge is 0.283 e. The lowest BCUT2D eigenvalue weighted by molar-refractivity contribution is -0.120. The number of imide groups is 1. The number of amides is 2. The van der Waals surface area contributed by atoms with Gasteiger partial charge in [0, 0.05) is 15.6 Å². The highest BCUT2D eigenvalue weighted by molar-refractivity contribution is 8.04. The van der Waals surface area contributed by atoms with Gasteiger partial charge in [-0.15, -0.1) is 0 Å². The van der Waals surface area contributed by atoms with Crippen LogP contribution in [0.5, 0.6) is 0 Å². The summed E-state index contributed by atoms with van der Waals surface area (Å²) in [5.74, 6) is -0.697. The fraction of sp³-hybridized carbons (Fsp3) is 0.154. The summed E-state index contributed by atoms with van der Waals surface area (Å²) >= 11 is 7.28. The molecule has 0 atom stereocenters. The highest BCUT2D eigenvalue weighted by atomic mass is 35.5. The van der Waals surface area contributed by atoms with Gasteiger partial charge < -0.3 is 5.32 Å². The summed E-state index contributed by atoms with van der Waals surface area (Å²) in [7, 11) is 0. The molecular weight excluding hydrogens is 440 g/mol. The first-order valence-corrected chi connectivity index (χ1v) is 11.4. The molecule has 1 aliphatic rings. The molecule has 0 saturated carbocycles. The van der Waals surface area contributed by atoms with Crippen molar-refractivity contribution in [3.63, 3.8) is 0 Å². The second kappa shape index (κ2) is 8.85. The summed E-state index contributed by atoms with van der Waals surface area (Å²) in [4.78, 5) is 29.6. The SMILES string of the molecule is Cc1ccc(C)c(N2C(=O)C(Nc3cccc(C)c3C)=C(Sc3ccc(Cl)cc3)C2=O)c1. The number of thioether (sulfide) groups is 1. The van der Waals surface area contributed by atoms with Crippen LogP contribution in [0.2, 0.25) is 5.02 Å². The quantitative estimate of drug-likeness (QED) is 0.436. The van der Waals surface area contributed by atoms with E-state index in [4.69, 9.17) is 11.6 Å². The molecule has 1 aliphatic heterocycles. The Balaban J connectivity index is 1.80. The van der Waals surface area contributed by atoms with E-state index < -0.39 is 0 Å². The van der Waals surface area contributed by atoms with Crippen LogP contribution in [0.1, 0.15) is 22.3 Å². The van der Waals surface area contributed by atoms with Crippen molar-refractivity contribution in [2.24, 2.45) is 0 Å². The molecule has 0 saturated heterocycles. The van der Waals surface area contributed by atoms with Crippen LogP contribution in [-0.2, 0) is 9.59 Å². The lowest BCUT2D eigenvalue weighted by atomic mass is 10.1. The number of aryl methyl sites for hydroxylation is 3. The van der Waals surface area contributed by atoms with Crippen LogP contribution in [0.25, 0.3) is 0 Å². The summed E-state index contributed by atoms with van der Waals surface area (Å²) in [6, 6.07) is 18.8. The second-order valence-corrected chi connectivity index (χ2v) is 9.39. The number of rotatable bonds is 5. The normalized spacial score (nSPS) is 13.8. The highest BCUT2D eigenvalue weighted by Gasteiger charge is 2.41. The monoisotopic (exact) mass is 462 g/mol. The molecule has 6 heteroatoms. The Morgan fingerprint density at radius 2 is 1.56 bits per heavy atom. The minimum absolute atomic E-state index is 0.282. The van der Waals surface area contributed by atoms with Gasteiger partial charge in [0.05, 0.1) is 5.69 Å². The first-order valence-electron chi connectivity index (χ1n) is 10.2. The molecule has 32 heavy (non-hydrogen) atoms. The molecule has 0 unspecified atom stereocenters. The van der Waals surface area contributed by atoms with E-state index in [1.54, 1.807) is 12.1 Å². The van der Waals surface area contributed by atoms with Crippen molar-refractivity contribution in [1.82, 2.24) is 0 Å². The zero-order chi connectivity index (χ0) is 23.0. The van der Waals surface area contributed by atoms with E-state index in [0.717, 1.165) is 32.8 Å². The first-order chi connectivity index (χ1) is 15.3. The predicted octanol–water partition coefficient (Wildman–Crippen LogP) is 6.56. The molecule has 0 radical (unpaired) electrons. The van der Waals surface area contributed by atoms with Gasteiger partial charge in [0.2, 0.25) is 0 Å². The third kappa shape index (κ3) is 4.18. The Labute approximate surface area is 197 Å². The maximum absolute atomic E-state index is 13.6. The lowest BCUT2D eigenvalue weighted by Gasteiger charge is -2.18. The predicted molar refractivity (Wildman–Crippen MR) is 132 cm³/mol. The zero-order valence-corrected chi connectivity index (χ0v) is 19.9. The molecule has 4 nitrogen and oxygen atoms in total. The van der Waals surface area contributed by atoms with Crippen LogP contribution in [0.4, 0.5) is 11.4 Å². The van der Waals surface area contributed by atoms with Crippen molar-refractivity contribution in [3.8, 4) is 0 Å². The van der Waals surface area contributed by atoms with E-state index in [0.29, 0.717) is 15.6 Å². The van der Waals surface area contributed by atoms with Gasteiger partial charge in [0.1, 0.15) is 10.6 Å². The van der Waals surface area contributed by atoms with E-state index in [9.17, 15) is 9.59 Å². The molecule has 0 fully saturated rings. The molecule has 162 valence electrons. The summed E-state index contributed by atoms with van der Waals surface area (Å²) in [5, 5.41) is 3.88. The number of nitrogens with one attached hydrogen (secondary N) is 1. The zero-order valence-electron chi connectivity index (χ0n) is 18.3. The molecule has 1 heterocycles. The number of hydrogen-bond donors (Lipinski definition) is 1. The van der Waals surface area contributed by atoms with Crippen molar-refractivity contribution >= 4 is 46.6 Å². The third-order valence-corrected chi connectivity index (χ3v) is 6.89. The molecule has 0 bridgehead atoms. The van der Waals surface area contributed by atoms with E-state index >= 15 is 0 Å². The van der Waals surface area contributed by atoms with Gasteiger partial charge in [-0.25, -0.2) is 4.90 Å². The molecule has 1 N–H and O–H groups in total. The average molecular weight is 463 g/mol. The van der Waals surface area contributed by atoms with Gasteiger partial charge >= 0.3 is 0 Å². The molecular formula is C26H23ClN2O2S. The Kier molecular flexibility index (Phi) is 6.13. The van der Waals surface area contributed by atoms with Gasteiger partial charge in [-0.2, -0.15) is 0 Å². The second-order valence-electron chi connectivity index (χ2n) is 7.87. The minimum atomic E-state index is -0.360. The number of nitrogens with zero attached hydrogens (tertiary/aromatic N) is 1. The molecule has 0 spiro atoms. The summed E-state index contributed by atoms with van der Waals surface area (Å²) in [6.07, 6.45) is 0. The van der Waals surface area contributed by atoms with Crippen molar-refractivity contribution in [2.45, 2.75) is 32.6 Å². The first kappa shape index (κ1) is 22.2. The van der Waals surface area contributed by atoms with Crippen LogP contribution < -0.4 is 10.2 Å². The highest BCUT2D eigenvalue weighted by Crippen LogP contribution is 2.39. The van der Waals surface area contributed by atoms with Gasteiger partial charge in [0.15, 0.2) is 0 Å². The molecule has 2 amide bonds. The van der Waals surface area contributed by atoms with Crippen LogP contribution in [-0.4, -0.2) is 11.8 Å². The van der Waals surface area contributed by atoms with Gasteiger partial charge in [0.25, 0.3) is 11.8 Å². The number of anilines is 2. The molecule has 4 rings (SSSR count). The Morgan fingerprint density at radius 1 is 0.844 bits per heavy atom. The van der Waals surface area contributed by atoms with Crippen molar-refractivity contribution < 1.29 is 9.59 Å². The number of carbonyl (C=O) groups is 2. The summed E-state index contributed by atoms with van der Waals surface area (Å²) in [6.45, 7) is 7.85. The van der Waals surface area contributed by atoms with E-state index in [1.165, 1.54) is 16.7 Å². The third-order valence-electron chi connectivity index (χ3n) is 5.54. The van der Waals surface area contributed by atoms with E-state index in [2.05, 4.69) is 5.32 Å². The number of halogens is 1. The number of hydrogen-bond acceptors (Lipinski definition) is 4. The standard InChI is InChI=1S/C26H23ClN2O2S/c1-15-8-9-17(3)22(14-15)29-25(30)23(28-21-7-5-6-16(2)18(21)4)24(26(29)31)32-20-12-10-19(27)11-13-20/h5-14,28H,1-4H3. The molecule has 3 aromatic carbocycles. The van der Waals surface area contributed by atoms with E-state index in [-0.39, 0.29) is 17.5 Å². The molecule has 3 aromatic rings. The summed E-state index contributed by atoms with van der Waals surface area (Å²) in [5.41, 5.74) is 5.66. The van der Waals surface area contributed by atoms with Gasteiger partial charge in [-0.05, 0) is 86.3 Å². The van der Waals surface area contributed by atoms with Crippen molar-refractivity contribution in [1.29, 1.82) is 0 Å². The average Bonchev–Trinajstić information content (AvgIpc) is 2.98. The topological polar surface area (TPSA) is 49.4 Å². The molecule has 0 aliphatic carbocycles. The summed E-state index contributed by atoms with van der Waals surface area (Å²) < 4.78 is 0. The number of benzene rings is 3. The Bertz CT molecular complexity index is 1270.